The molecule has 0 spiro atoms. The highest BCUT2D eigenvalue weighted by Gasteiger charge is 2.37. The minimum atomic E-state index is -3.36. The third-order valence-electron chi connectivity index (χ3n) is 3.81. The molecule has 1 fully saturated rings. The van der Waals surface area contributed by atoms with Crippen molar-refractivity contribution in [1.29, 1.82) is 0 Å². The Kier molecular flexibility index (Phi) is 5.23. The zero-order valence-corrected chi connectivity index (χ0v) is 14.1. The van der Waals surface area contributed by atoms with Crippen LogP contribution >= 0.6 is 0 Å². The van der Waals surface area contributed by atoms with Crippen molar-refractivity contribution < 1.29 is 17.6 Å². The van der Waals surface area contributed by atoms with Crippen LogP contribution in [0.1, 0.15) is 43.5 Å². The number of aromatic nitrogens is 1. The number of oxazole rings is 1. The second-order valence-corrected chi connectivity index (χ2v) is 7.59. The Morgan fingerprint density at radius 1 is 1.45 bits per heavy atom. The maximum Gasteiger partial charge on any atom is 0.238 e. The zero-order chi connectivity index (χ0) is 16.3. The lowest BCUT2D eigenvalue weighted by atomic mass is 10.2. The molecule has 0 aliphatic carbocycles. The number of nitrogens with one attached hydrogen (secondary N) is 1. The number of nitrogens with zero attached hydrogens (tertiary/aromatic N) is 2. The predicted molar refractivity (Wildman–Crippen MR) is 81.6 cm³/mol. The molecule has 2 heterocycles. The summed E-state index contributed by atoms with van der Waals surface area (Å²) in [5.41, 5.74) is 0.789. The number of hydrogen-bond donors (Lipinski definition) is 1. The Hall–Kier alpha value is -1.41. The van der Waals surface area contributed by atoms with Crippen molar-refractivity contribution >= 4 is 15.9 Å². The van der Waals surface area contributed by atoms with Crippen LogP contribution in [0.15, 0.2) is 4.42 Å². The number of sulfonamides is 1. The van der Waals surface area contributed by atoms with Crippen molar-refractivity contribution in [3.63, 3.8) is 0 Å². The van der Waals surface area contributed by atoms with E-state index < -0.39 is 16.1 Å². The summed E-state index contributed by atoms with van der Waals surface area (Å²) in [5, 5.41) is 2.72. The lowest BCUT2D eigenvalue weighted by Gasteiger charge is -2.22. The number of carbonyl (C=O) groups is 1. The smallest absolute Gasteiger partial charge is 0.238 e. The van der Waals surface area contributed by atoms with Gasteiger partial charge < -0.3 is 9.73 Å². The van der Waals surface area contributed by atoms with Gasteiger partial charge in [0.1, 0.15) is 11.8 Å². The summed E-state index contributed by atoms with van der Waals surface area (Å²) in [4.78, 5) is 16.5. The average Bonchev–Trinajstić information content (AvgIpc) is 3.04. The highest BCUT2D eigenvalue weighted by atomic mass is 32.2. The lowest BCUT2D eigenvalue weighted by Crippen LogP contribution is -2.46. The van der Waals surface area contributed by atoms with Crippen molar-refractivity contribution in [2.24, 2.45) is 0 Å². The largest absolute Gasteiger partial charge is 0.444 e. The molecule has 1 aromatic heterocycles. The van der Waals surface area contributed by atoms with Crippen molar-refractivity contribution in [2.75, 3.05) is 12.3 Å². The molecule has 0 bridgehead atoms. The standard InChI is InChI=1S/C14H23N3O4S/c1-4-8-22(19,20)17-7-5-6-12(17)14(18)15-9-13-16-10(2)11(3)21-13/h12H,4-9H2,1-3H3,(H,15,18). The fourth-order valence-corrected chi connectivity index (χ4v) is 4.35. The molecule has 1 atom stereocenters. The van der Waals surface area contributed by atoms with Crippen LogP contribution in [0.25, 0.3) is 0 Å². The van der Waals surface area contributed by atoms with Gasteiger partial charge in [0.15, 0.2) is 0 Å². The van der Waals surface area contributed by atoms with Gasteiger partial charge in [-0.25, -0.2) is 13.4 Å². The quantitative estimate of drug-likeness (QED) is 0.844. The molecule has 8 heteroatoms. The monoisotopic (exact) mass is 329 g/mol. The van der Waals surface area contributed by atoms with Crippen LogP contribution in [0.2, 0.25) is 0 Å². The number of amides is 1. The first-order valence-electron chi connectivity index (χ1n) is 7.55. The molecular formula is C14H23N3O4S. The van der Waals surface area contributed by atoms with Crippen molar-refractivity contribution in [1.82, 2.24) is 14.6 Å². The van der Waals surface area contributed by atoms with E-state index in [2.05, 4.69) is 10.3 Å². The Morgan fingerprint density at radius 3 is 2.77 bits per heavy atom. The molecule has 1 aromatic rings. The molecule has 1 aliphatic heterocycles. The van der Waals surface area contributed by atoms with Crippen LogP contribution in [0.5, 0.6) is 0 Å². The number of hydrogen-bond acceptors (Lipinski definition) is 5. The van der Waals surface area contributed by atoms with Crippen molar-refractivity contribution in [3.05, 3.63) is 17.3 Å². The first-order chi connectivity index (χ1) is 10.3. The van der Waals surface area contributed by atoms with E-state index in [0.29, 0.717) is 31.7 Å². The van der Waals surface area contributed by atoms with E-state index in [-0.39, 0.29) is 18.2 Å². The van der Waals surface area contributed by atoms with Gasteiger partial charge in [-0.1, -0.05) is 6.92 Å². The van der Waals surface area contributed by atoms with E-state index in [9.17, 15) is 13.2 Å². The van der Waals surface area contributed by atoms with Crippen LogP contribution < -0.4 is 5.32 Å². The Bertz CT molecular complexity index is 619. The van der Waals surface area contributed by atoms with Gasteiger partial charge in [-0.3, -0.25) is 4.79 Å². The van der Waals surface area contributed by atoms with Gasteiger partial charge in [0.05, 0.1) is 18.0 Å². The van der Waals surface area contributed by atoms with Gasteiger partial charge in [0.25, 0.3) is 0 Å². The summed E-state index contributed by atoms with van der Waals surface area (Å²) in [6.07, 6.45) is 1.80. The summed E-state index contributed by atoms with van der Waals surface area (Å²) in [6, 6.07) is -0.617. The molecule has 7 nitrogen and oxygen atoms in total. The van der Waals surface area contributed by atoms with Crippen LogP contribution in [0.3, 0.4) is 0 Å². The van der Waals surface area contributed by atoms with E-state index in [1.54, 1.807) is 0 Å². The van der Waals surface area contributed by atoms with Crippen molar-refractivity contribution in [3.8, 4) is 0 Å². The SMILES string of the molecule is CCCS(=O)(=O)N1CCCC1C(=O)NCc1nc(C)c(C)o1. The summed E-state index contributed by atoms with van der Waals surface area (Å²) < 4.78 is 31.1. The normalized spacial score (nSPS) is 19.5. The average molecular weight is 329 g/mol. The van der Waals surface area contributed by atoms with Crippen LogP contribution in [-0.2, 0) is 21.4 Å². The molecule has 124 valence electrons. The maximum absolute atomic E-state index is 12.3. The minimum Gasteiger partial charge on any atom is -0.444 e. The maximum atomic E-state index is 12.3. The Morgan fingerprint density at radius 2 is 2.18 bits per heavy atom. The molecule has 1 aliphatic rings. The van der Waals surface area contributed by atoms with Crippen molar-refractivity contribution in [2.45, 2.75) is 52.6 Å². The molecule has 0 radical (unpaired) electrons. The molecule has 0 saturated carbocycles. The summed E-state index contributed by atoms with van der Waals surface area (Å²) in [5.74, 6) is 0.946. The fourth-order valence-electron chi connectivity index (χ4n) is 2.61. The first kappa shape index (κ1) is 17.0. The summed E-state index contributed by atoms with van der Waals surface area (Å²) in [6.45, 7) is 6.04. The van der Waals surface area contributed by atoms with Gasteiger partial charge in [-0.2, -0.15) is 4.31 Å². The van der Waals surface area contributed by atoms with Crippen LogP contribution in [0.4, 0.5) is 0 Å². The van der Waals surface area contributed by atoms with E-state index in [1.807, 2.05) is 20.8 Å². The third kappa shape index (κ3) is 3.67. The molecule has 1 saturated heterocycles. The highest BCUT2D eigenvalue weighted by molar-refractivity contribution is 7.89. The van der Waals surface area contributed by atoms with Gasteiger partial charge in [0, 0.05) is 6.54 Å². The highest BCUT2D eigenvalue weighted by Crippen LogP contribution is 2.22. The summed E-state index contributed by atoms with van der Waals surface area (Å²) in [7, 11) is -3.36. The Balaban J connectivity index is 1.99. The molecular weight excluding hydrogens is 306 g/mol. The molecule has 1 N–H and O–H groups in total. The molecule has 1 unspecified atom stereocenters. The summed E-state index contributed by atoms with van der Waals surface area (Å²) >= 11 is 0. The third-order valence-corrected chi connectivity index (χ3v) is 5.89. The van der Waals surface area contributed by atoms with E-state index in [1.165, 1.54) is 4.31 Å². The van der Waals surface area contributed by atoms with Gasteiger partial charge in [0.2, 0.25) is 21.8 Å². The zero-order valence-electron chi connectivity index (χ0n) is 13.3. The van der Waals surface area contributed by atoms with Crippen LogP contribution in [0, 0.1) is 13.8 Å². The van der Waals surface area contributed by atoms with E-state index in [4.69, 9.17) is 4.42 Å². The Labute approximate surface area is 131 Å². The topological polar surface area (TPSA) is 92.5 Å². The molecule has 2 rings (SSSR count). The van der Waals surface area contributed by atoms with Crippen LogP contribution in [-0.4, -0.2) is 42.0 Å². The number of aryl methyl sites for hydroxylation is 2. The number of carbonyl (C=O) groups excluding carboxylic acids is 1. The minimum absolute atomic E-state index is 0.0783. The molecule has 1 amide bonds. The van der Waals surface area contributed by atoms with Gasteiger partial charge in [-0.15, -0.1) is 0 Å². The lowest BCUT2D eigenvalue weighted by molar-refractivity contribution is -0.124. The predicted octanol–water partition coefficient (Wildman–Crippen LogP) is 1.11. The van der Waals surface area contributed by atoms with E-state index in [0.717, 1.165) is 11.5 Å². The van der Waals surface area contributed by atoms with Gasteiger partial charge in [-0.05, 0) is 33.1 Å². The fraction of sp³-hybridized carbons (Fsp3) is 0.714. The van der Waals surface area contributed by atoms with E-state index >= 15 is 0 Å². The second kappa shape index (κ2) is 6.78. The molecule has 22 heavy (non-hydrogen) atoms. The first-order valence-corrected chi connectivity index (χ1v) is 9.16. The second-order valence-electron chi connectivity index (χ2n) is 5.55. The van der Waals surface area contributed by atoms with Gasteiger partial charge >= 0.3 is 0 Å². The molecule has 0 aromatic carbocycles. The number of rotatable bonds is 6.